The molecule has 4 rings (SSSR count). The number of carbonyl (C=O) groups is 1. The van der Waals surface area contributed by atoms with E-state index in [4.69, 9.17) is 4.74 Å². The number of piperazine rings is 1. The van der Waals surface area contributed by atoms with Crippen molar-refractivity contribution in [3.8, 4) is 0 Å². The van der Waals surface area contributed by atoms with Crippen LogP contribution in [0, 0.1) is 17.3 Å². The highest BCUT2D eigenvalue weighted by molar-refractivity contribution is 5.49. The Hall–Kier alpha value is -1.94. The van der Waals surface area contributed by atoms with Gasteiger partial charge in [0.1, 0.15) is 5.69 Å². The first-order valence-corrected chi connectivity index (χ1v) is 12.8. The number of amides is 1. The Bertz CT molecular complexity index is 864. The second-order valence-corrected chi connectivity index (χ2v) is 10.8. The summed E-state index contributed by atoms with van der Waals surface area (Å²) in [5.41, 5.74) is -1.11. The lowest BCUT2D eigenvalue weighted by Gasteiger charge is -2.51. The number of anilines is 1. The third-order valence-electron chi connectivity index (χ3n) is 8.62. The molecule has 2 aliphatic heterocycles. The minimum Gasteiger partial charge on any atom is -0.381 e. The summed E-state index contributed by atoms with van der Waals surface area (Å²) in [6.45, 7) is 9.57. The standard InChI is InChI=1S/C25H38F3N5O2/c1-17(2)24(8-4-20(14-24)30-18(3)19-6-12-35-13-7-19)22-15-32(16-34)10-11-33(22)23-29-9-5-21(31-23)25(26,27)28/h5,9,16-20,22,30H,4,6-8,10-15H2,1-3H3/t18?,20-,22?,24+/m1/s1. The van der Waals surface area contributed by atoms with E-state index >= 15 is 0 Å². The summed E-state index contributed by atoms with van der Waals surface area (Å²) < 4.78 is 45.7. The van der Waals surface area contributed by atoms with Crippen molar-refractivity contribution < 1.29 is 22.7 Å². The highest BCUT2D eigenvalue weighted by Gasteiger charge is 2.51. The molecule has 0 radical (unpaired) electrons. The zero-order valence-electron chi connectivity index (χ0n) is 20.9. The second kappa shape index (κ2) is 10.6. The molecule has 3 aliphatic rings. The van der Waals surface area contributed by atoms with Gasteiger partial charge in [-0.25, -0.2) is 9.97 Å². The second-order valence-electron chi connectivity index (χ2n) is 10.8. The van der Waals surface area contributed by atoms with E-state index in [0.717, 1.165) is 57.8 Å². The van der Waals surface area contributed by atoms with Crippen LogP contribution in [0.3, 0.4) is 0 Å². The van der Waals surface area contributed by atoms with Crippen LogP contribution in [-0.2, 0) is 15.7 Å². The highest BCUT2D eigenvalue weighted by Crippen LogP contribution is 2.50. The van der Waals surface area contributed by atoms with E-state index in [-0.39, 0.29) is 23.3 Å². The summed E-state index contributed by atoms with van der Waals surface area (Å²) in [5, 5.41) is 3.87. The third kappa shape index (κ3) is 5.58. The summed E-state index contributed by atoms with van der Waals surface area (Å²) in [5.74, 6) is 0.966. The van der Waals surface area contributed by atoms with Crippen LogP contribution in [0.1, 0.15) is 58.6 Å². The number of aromatic nitrogens is 2. The minimum absolute atomic E-state index is 0.0994. The van der Waals surface area contributed by atoms with Gasteiger partial charge in [0.25, 0.3) is 0 Å². The fourth-order valence-electron chi connectivity index (χ4n) is 6.46. The summed E-state index contributed by atoms with van der Waals surface area (Å²) in [6, 6.07) is 1.46. The Morgan fingerprint density at radius 1 is 1.20 bits per heavy atom. The molecular formula is C25H38F3N5O2. The maximum absolute atomic E-state index is 13.4. The van der Waals surface area contributed by atoms with E-state index in [1.165, 1.54) is 6.20 Å². The Morgan fingerprint density at radius 3 is 2.60 bits per heavy atom. The maximum Gasteiger partial charge on any atom is 0.433 e. The molecule has 35 heavy (non-hydrogen) atoms. The molecule has 1 amide bonds. The molecule has 196 valence electrons. The smallest absolute Gasteiger partial charge is 0.381 e. The van der Waals surface area contributed by atoms with Crippen molar-refractivity contribution >= 4 is 12.4 Å². The molecular weight excluding hydrogens is 459 g/mol. The first kappa shape index (κ1) is 26.1. The van der Waals surface area contributed by atoms with Gasteiger partial charge in [-0.2, -0.15) is 13.2 Å². The van der Waals surface area contributed by atoms with Crippen LogP contribution < -0.4 is 10.2 Å². The predicted molar refractivity (Wildman–Crippen MR) is 127 cm³/mol. The molecule has 1 saturated carbocycles. The first-order chi connectivity index (χ1) is 16.6. The van der Waals surface area contributed by atoms with Gasteiger partial charge in [0.15, 0.2) is 0 Å². The summed E-state index contributed by atoms with van der Waals surface area (Å²) in [7, 11) is 0. The quantitative estimate of drug-likeness (QED) is 0.579. The number of hydrogen-bond donors (Lipinski definition) is 1. The van der Waals surface area contributed by atoms with Crippen LogP contribution in [0.2, 0.25) is 0 Å². The molecule has 4 atom stereocenters. The molecule has 3 heterocycles. The van der Waals surface area contributed by atoms with Crippen molar-refractivity contribution in [1.29, 1.82) is 0 Å². The normalized spacial score (nSPS) is 29.6. The molecule has 7 nitrogen and oxygen atoms in total. The van der Waals surface area contributed by atoms with Crippen molar-refractivity contribution in [3.63, 3.8) is 0 Å². The first-order valence-electron chi connectivity index (χ1n) is 12.8. The number of hydrogen-bond acceptors (Lipinski definition) is 6. The molecule has 1 aromatic heterocycles. The zero-order valence-corrected chi connectivity index (χ0v) is 20.9. The molecule has 3 fully saturated rings. The van der Waals surface area contributed by atoms with Crippen molar-refractivity contribution in [2.75, 3.05) is 37.7 Å². The number of alkyl halides is 3. The van der Waals surface area contributed by atoms with Gasteiger partial charge in [0.2, 0.25) is 12.4 Å². The lowest BCUT2D eigenvalue weighted by Crippen LogP contribution is -2.61. The van der Waals surface area contributed by atoms with E-state index in [9.17, 15) is 18.0 Å². The van der Waals surface area contributed by atoms with Crippen LogP contribution >= 0.6 is 0 Å². The SMILES string of the molecule is CC(N[C@@H]1CC[C@](C(C)C)(C2CN(C=O)CCN2c2nccc(C(F)(F)F)n2)C1)C1CCOCC1. The van der Waals surface area contributed by atoms with E-state index in [2.05, 4.69) is 36.1 Å². The Labute approximate surface area is 205 Å². The maximum atomic E-state index is 13.4. The van der Waals surface area contributed by atoms with E-state index in [0.29, 0.717) is 37.6 Å². The number of nitrogens with zero attached hydrogens (tertiary/aromatic N) is 4. The summed E-state index contributed by atoms with van der Waals surface area (Å²) in [6.07, 6.45) is 2.48. The molecule has 2 saturated heterocycles. The van der Waals surface area contributed by atoms with Crippen LogP contribution in [0.5, 0.6) is 0 Å². The lowest BCUT2D eigenvalue weighted by molar-refractivity contribution is -0.141. The Balaban J connectivity index is 1.58. The largest absolute Gasteiger partial charge is 0.433 e. The summed E-state index contributed by atoms with van der Waals surface area (Å²) in [4.78, 5) is 23.5. The van der Waals surface area contributed by atoms with E-state index in [1.54, 1.807) is 4.90 Å². The monoisotopic (exact) mass is 497 g/mol. The van der Waals surface area contributed by atoms with Gasteiger partial charge < -0.3 is 19.9 Å². The fraction of sp³-hybridized carbons (Fsp3) is 0.800. The highest BCUT2D eigenvalue weighted by atomic mass is 19.4. The van der Waals surface area contributed by atoms with Crippen molar-refractivity contribution in [2.45, 2.75) is 77.2 Å². The minimum atomic E-state index is -4.53. The van der Waals surface area contributed by atoms with Gasteiger partial charge in [-0.1, -0.05) is 13.8 Å². The predicted octanol–water partition coefficient (Wildman–Crippen LogP) is 3.74. The molecule has 0 bridgehead atoms. The molecule has 1 aromatic rings. The lowest BCUT2D eigenvalue weighted by atomic mass is 9.68. The van der Waals surface area contributed by atoms with Gasteiger partial charge >= 0.3 is 6.18 Å². The van der Waals surface area contributed by atoms with Crippen LogP contribution in [0.4, 0.5) is 19.1 Å². The number of halogens is 3. The van der Waals surface area contributed by atoms with Gasteiger partial charge in [0, 0.05) is 51.1 Å². The third-order valence-corrected chi connectivity index (χ3v) is 8.62. The number of rotatable bonds is 7. The summed E-state index contributed by atoms with van der Waals surface area (Å²) >= 11 is 0. The van der Waals surface area contributed by atoms with Gasteiger partial charge in [0.05, 0.1) is 6.04 Å². The van der Waals surface area contributed by atoms with Gasteiger partial charge in [-0.05, 0) is 62.3 Å². The number of nitrogens with one attached hydrogen (secondary N) is 1. The molecule has 10 heteroatoms. The average Bonchev–Trinajstić information content (AvgIpc) is 3.29. The Kier molecular flexibility index (Phi) is 7.90. The van der Waals surface area contributed by atoms with E-state index < -0.39 is 11.9 Å². The Morgan fingerprint density at radius 2 is 1.94 bits per heavy atom. The van der Waals surface area contributed by atoms with E-state index in [1.807, 2.05) is 4.90 Å². The molecule has 2 unspecified atom stereocenters. The van der Waals surface area contributed by atoms with Crippen LogP contribution in [0.25, 0.3) is 0 Å². The van der Waals surface area contributed by atoms with Crippen molar-refractivity contribution in [3.05, 3.63) is 18.0 Å². The topological polar surface area (TPSA) is 70.6 Å². The molecule has 1 N–H and O–H groups in total. The molecule has 1 aliphatic carbocycles. The van der Waals surface area contributed by atoms with Crippen molar-refractivity contribution in [1.82, 2.24) is 20.2 Å². The fourth-order valence-corrected chi connectivity index (χ4v) is 6.46. The van der Waals surface area contributed by atoms with Crippen molar-refractivity contribution in [2.24, 2.45) is 17.3 Å². The average molecular weight is 498 g/mol. The zero-order chi connectivity index (χ0) is 25.2. The van der Waals surface area contributed by atoms with Crippen LogP contribution in [-0.4, -0.2) is 72.3 Å². The van der Waals surface area contributed by atoms with Gasteiger partial charge in [-0.3, -0.25) is 4.79 Å². The van der Waals surface area contributed by atoms with Gasteiger partial charge in [-0.15, -0.1) is 0 Å². The molecule has 0 spiro atoms. The number of ether oxygens (including phenoxy) is 1. The molecule has 0 aromatic carbocycles. The van der Waals surface area contributed by atoms with Crippen LogP contribution in [0.15, 0.2) is 12.3 Å². The number of carbonyl (C=O) groups excluding carboxylic acids is 1.